The zero-order valence-electron chi connectivity index (χ0n) is 11.0. The van der Waals surface area contributed by atoms with Gasteiger partial charge in [-0.3, -0.25) is 4.79 Å². The van der Waals surface area contributed by atoms with E-state index in [0.29, 0.717) is 5.92 Å². The Hall–Kier alpha value is -1.45. The molecule has 2 nitrogen and oxygen atoms in total. The lowest BCUT2D eigenvalue weighted by molar-refractivity contribution is -0.150. The Bertz CT molecular complexity index is 451. The number of esters is 1. The summed E-state index contributed by atoms with van der Waals surface area (Å²) in [6.07, 6.45) is 3.67. The zero-order chi connectivity index (χ0) is 13.8. The maximum atomic E-state index is 13.4. The van der Waals surface area contributed by atoms with Gasteiger partial charge in [-0.2, -0.15) is 0 Å². The van der Waals surface area contributed by atoms with Crippen LogP contribution in [0.15, 0.2) is 18.2 Å². The summed E-state index contributed by atoms with van der Waals surface area (Å²) in [6, 6.07) is 3.22. The van der Waals surface area contributed by atoms with Gasteiger partial charge in [-0.15, -0.1) is 0 Å². The summed E-state index contributed by atoms with van der Waals surface area (Å²) in [4.78, 5) is 11.7. The van der Waals surface area contributed by atoms with Crippen molar-refractivity contribution < 1.29 is 18.3 Å². The number of hydrogen-bond acceptors (Lipinski definition) is 2. The van der Waals surface area contributed by atoms with Gasteiger partial charge in [0.15, 0.2) is 0 Å². The van der Waals surface area contributed by atoms with E-state index in [1.165, 1.54) is 6.07 Å². The van der Waals surface area contributed by atoms with Crippen molar-refractivity contribution in [3.05, 3.63) is 35.4 Å². The Morgan fingerprint density at radius 2 is 1.95 bits per heavy atom. The smallest absolute Gasteiger partial charge is 0.310 e. The van der Waals surface area contributed by atoms with Crippen molar-refractivity contribution in [2.45, 2.75) is 45.1 Å². The number of benzene rings is 1. The van der Waals surface area contributed by atoms with Crippen molar-refractivity contribution in [3.63, 3.8) is 0 Å². The SMILES string of the molecule is CC1CCC(OC(=O)Cc2ccc(F)cc2F)CC1. The van der Waals surface area contributed by atoms with Crippen LogP contribution < -0.4 is 0 Å². The number of halogens is 2. The topological polar surface area (TPSA) is 26.3 Å². The molecule has 0 radical (unpaired) electrons. The molecule has 0 unspecified atom stereocenters. The highest BCUT2D eigenvalue weighted by Gasteiger charge is 2.22. The highest BCUT2D eigenvalue weighted by atomic mass is 19.1. The molecule has 19 heavy (non-hydrogen) atoms. The largest absolute Gasteiger partial charge is 0.462 e. The number of carbonyl (C=O) groups is 1. The number of hydrogen-bond donors (Lipinski definition) is 0. The van der Waals surface area contributed by atoms with Crippen LogP contribution in [-0.4, -0.2) is 12.1 Å². The lowest BCUT2D eigenvalue weighted by atomic mass is 9.89. The molecule has 0 saturated heterocycles. The van der Waals surface area contributed by atoms with Crippen LogP contribution in [0.1, 0.15) is 38.2 Å². The van der Waals surface area contributed by atoms with Gasteiger partial charge in [-0.1, -0.05) is 13.0 Å². The Morgan fingerprint density at radius 1 is 1.26 bits per heavy atom. The maximum Gasteiger partial charge on any atom is 0.310 e. The third-order valence-corrected chi connectivity index (χ3v) is 3.61. The monoisotopic (exact) mass is 268 g/mol. The Morgan fingerprint density at radius 3 is 2.58 bits per heavy atom. The molecule has 0 heterocycles. The van der Waals surface area contributed by atoms with E-state index >= 15 is 0 Å². The molecule has 0 spiro atoms. The summed E-state index contributed by atoms with van der Waals surface area (Å²) in [5.74, 6) is -1.10. The molecule has 4 heteroatoms. The summed E-state index contributed by atoms with van der Waals surface area (Å²) >= 11 is 0. The molecule has 0 amide bonds. The van der Waals surface area contributed by atoms with E-state index in [9.17, 15) is 13.6 Å². The minimum atomic E-state index is -0.700. The molecular weight excluding hydrogens is 250 g/mol. The highest BCUT2D eigenvalue weighted by Crippen LogP contribution is 2.25. The van der Waals surface area contributed by atoms with Gasteiger partial charge >= 0.3 is 5.97 Å². The van der Waals surface area contributed by atoms with Crippen LogP contribution in [-0.2, 0) is 16.0 Å². The van der Waals surface area contributed by atoms with Crippen LogP contribution in [0.25, 0.3) is 0 Å². The first-order valence-corrected chi connectivity index (χ1v) is 6.68. The third kappa shape index (κ3) is 4.01. The Balaban J connectivity index is 1.87. The van der Waals surface area contributed by atoms with Crippen LogP contribution in [0.4, 0.5) is 8.78 Å². The molecule has 1 saturated carbocycles. The fourth-order valence-corrected chi connectivity index (χ4v) is 2.40. The van der Waals surface area contributed by atoms with Gasteiger partial charge in [0.05, 0.1) is 6.42 Å². The van der Waals surface area contributed by atoms with E-state index in [1.807, 2.05) is 0 Å². The van der Waals surface area contributed by atoms with Crippen LogP contribution >= 0.6 is 0 Å². The lowest BCUT2D eigenvalue weighted by Crippen LogP contribution is -2.24. The molecule has 0 atom stereocenters. The summed E-state index contributed by atoms with van der Waals surface area (Å²) < 4.78 is 31.5. The molecule has 0 aliphatic heterocycles. The van der Waals surface area contributed by atoms with E-state index in [0.717, 1.165) is 37.8 Å². The van der Waals surface area contributed by atoms with Crippen molar-refractivity contribution in [2.75, 3.05) is 0 Å². The molecule has 0 aromatic heterocycles. The summed E-state index contributed by atoms with van der Waals surface area (Å²) in [5, 5.41) is 0. The van der Waals surface area contributed by atoms with E-state index in [-0.39, 0.29) is 18.1 Å². The minimum Gasteiger partial charge on any atom is -0.462 e. The number of ether oxygens (including phenoxy) is 1. The molecule has 1 fully saturated rings. The quantitative estimate of drug-likeness (QED) is 0.782. The van der Waals surface area contributed by atoms with Crippen LogP contribution in [0.2, 0.25) is 0 Å². The van der Waals surface area contributed by atoms with Gasteiger partial charge in [0.1, 0.15) is 17.7 Å². The number of carbonyl (C=O) groups excluding carboxylic acids is 1. The fourth-order valence-electron chi connectivity index (χ4n) is 2.40. The maximum absolute atomic E-state index is 13.4. The van der Waals surface area contributed by atoms with Gasteiger partial charge in [0, 0.05) is 6.07 Å². The normalized spacial score (nSPS) is 23.1. The second-order valence-electron chi connectivity index (χ2n) is 5.28. The third-order valence-electron chi connectivity index (χ3n) is 3.61. The van der Waals surface area contributed by atoms with E-state index in [2.05, 4.69) is 6.92 Å². The first-order chi connectivity index (χ1) is 9.04. The van der Waals surface area contributed by atoms with Crippen LogP contribution in [0, 0.1) is 17.6 Å². The summed E-state index contributed by atoms with van der Waals surface area (Å²) in [5.41, 5.74) is 0.176. The molecule has 0 bridgehead atoms. The summed E-state index contributed by atoms with van der Waals surface area (Å²) in [6.45, 7) is 2.19. The molecule has 104 valence electrons. The lowest BCUT2D eigenvalue weighted by Gasteiger charge is -2.26. The van der Waals surface area contributed by atoms with Crippen molar-refractivity contribution in [1.82, 2.24) is 0 Å². The van der Waals surface area contributed by atoms with E-state index in [4.69, 9.17) is 4.74 Å². The average Bonchev–Trinajstić information content (AvgIpc) is 2.36. The predicted molar refractivity (Wildman–Crippen MR) is 67.6 cm³/mol. The molecule has 1 aromatic carbocycles. The zero-order valence-corrected chi connectivity index (χ0v) is 11.0. The van der Waals surface area contributed by atoms with Crippen LogP contribution in [0.5, 0.6) is 0 Å². The fraction of sp³-hybridized carbons (Fsp3) is 0.533. The first kappa shape index (κ1) is 14.0. The van der Waals surface area contributed by atoms with Gasteiger partial charge in [0.25, 0.3) is 0 Å². The Labute approximate surface area is 111 Å². The molecule has 0 N–H and O–H groups in total. The van der Waals surface area contributed by atoms with Crippen LogP contribution in [0.3, 0.4) is 0 Å². The molecular formula is C15H18F2O2. The first-order valence-electron chi connectivity index (χ1n) is 6.68. The molecule has 1 aliphatic carbocycles. The van der Waals surface area contributed by atoms with E-state index < -0.39 is 17.6 Å². The predicted octanol–water partition coefficient (Wildman–Crippen LogP) is 3.63. The van der Waals surface area contributed by atoms with Gasteiger partial charge in [0.2, 0.25) is 0 Å². The second-order valence-corrected chi connectivity index (χ2v) is 5.28. The number of rotatable bonds is 3. The van der Waals surface area contributed by atoms with Crippen molar-refractivity contribution in [1.29, 1.82) is 0 Å². The van der Waals surface area contributed by atoms with Gasteiger partial charge in [-0.25, -0.2) is 8.78 Å². The second kappa shape index (κ2) is 6.13. The van der Waals surface area contributed by atoms with Crippen molar-refractivity contribution >= 4 is 5.97 Å². The van der Waals surface area contributed by atoms with E-state index in [1.54, 1.807) is 0 Å². The van der Waals surface area contributed by atoms with Gasteiger partial charge < -0.3 is 4.74 Å². The average molecular weight is 268 g/mol. The molecule has 1 aliphatic rings. The molecule has 1 aromatic rings. The minimum absolute atomic E-state index is 0.0489. The van der Waals surface area contributed by atoms with Crippen molar-refractivity contribution in [3.8, 4) is 0 Å². The van der Waals surface area contributed by atoms with Crippen molar-refractivity contribution in [2.24, 2.45) is 5.92 Å². The Kier molecular flexibility index (Phi) is 4.51. The highest BCUT2D eigenvalue weighted by molar-refractivity contribution is 5.72. The van der Waals surface area contributed by atoms with Gasteiger partial charge in [-0.05, 0) is 43.2 Å². The molecule has 2 rings (SSSR count). The summed E-state index contributed by atoms with van der Waals surface area (Å²) in [7, 11) is 0. The standard InChI is InChI=1S/C15H18F2O2/c1-10-2-6-13(7-3-10)19-15(18)8-11-4-5-12(16)9-14(11)17/h4-5,9-10,13H,2-3,6-8H2,1H3.